The van der Waals surface area contributed by atoms with E-state index in [2.05, 4.69) is 11.9 Å². The number of hydrogen-bond acceptors (Lipinski definition) is 2. The molecule has 0 bridgehead atoms. The molecular weight excluding hydrogens is 212 g/mol. The summed E-state index contributed by atoms with van der Waals surface area (Å²) in [4.78, 5) is 11.2. The fourth-order valence-corrected chi connectivity index (χ4v) is 1.09. The molecule has 0 saturated carbocycles. The van der Waals surface area contributed by atoms with Crippen LogP contribution in [0.25, 0.3) is 0 Å². The van der Waals surface area contributed by atoms with Crippen LogP contribution in [0.3, 0.4) is 0 Å². The van der Waals surface area contributed by atoms with Crippen molar-refractivity contribution in [3.63, 3.8) is 0 Å². The third-order valence-corrected chi connectivity index (χ3v) is 1.84. The van der Waals surface area contributed by atoms with E-state index in [9.17, 15) is 4.79 Å². The molecule has 0 aliphatic heterocycles. The van der Waals surface area contributed by atoms with E-state index < -0.39 is 6.09 Å². The van der Waals surface area contributed by atoms with Gasteiger partial charge in [-0.2, -0.15) is 0 Å². The van der Waals surface area contributed by atoms with E-state index in [1.54, 1.807) is 19.1 Å². The van der Waals surface area contributed by atoms with E-state index in [0.29, 0.717) is 21.9 Å². The maximum absolute atomic E-state index is 11.2. The molecule has 0 unspecified atom stereocenters. The summed E-state index contributed by atoms with van der Waals surface area (Å²) in [7, 11) is 5.51. The zero-order chi connectivity index (χ0) is 11.4. The van der Waals surface area contributed by atoms with Gasteiger partial charge >= 0.3 is 6.09 Å². The van der Waals surface area contributed by atoms with Gasteiger partial charge in [0.05, 0.1) is 5.76 Å². The first kappa shape index (κ1) is 11.7. The summed E-state index contributed by atoms with van der Waals surface area (Å²) in [5.41, 5.74) is 0.968. The van der Waals surface area contributed by atoms with Crippen LogP contribution in [-0.4, -0.2) is 13.9 Å². The lowest BCUT2D eigenvalue weighted by molar-refractivity contribution is 0.192. The molecule has 2 radical (unpaired) electrons. The van der Waals surface area contributed by atoms with Gasteiger partial charge in [-0.1, -0.05) is 29.7 Å². The minimum absolute atomic E-state index is 0.314. The summed E-state index contributed by atoms with van der Waals surface area (Å²) in [5, 5.41) is 2.86. The number of nitrogens with one attached hydrogen (secondary N) is 1. The van der Waals surface area contributed by atoms with Gasteiger partial charge in [-0.15, -0.1) is 0 Å². The van der Waals surface area contributed by atoms with E-state index >= 15 is 0 Å². The highest BCUT2D eigenvalue weighted by atomic mass is 35.5. The molecule has 0 saturated heterocycles. The molecule has 1 N–H and O–H groups in total. The summed E-state index contributed by atoms with van der Waals surface area (Å²) >= 11 is 5.77. The summed E-state index contributed by atoms with van der Waals surface area (Å²) in [6, 6.07) is 4.76. The Balaban J connectivity index is 2.69. The topological polar surface area (TPSA) is 38.3 Å². The van der Waals surface area contributed by atoms with Crippen LogP contribution in [-0.2, 0) is 4.74 Å². The maximum atomic E-state index is 11.2. The van der Waals surface area contributed by atoms with E-state index in [0.717, 1.165) is 0 Å². The molecule has 0 spiro atoms. The Hall–Kier alpha value is -1.42. The van der Waals surface area contributed by atoms with Crippen LogP contribution in [0.2, 0.25) is 5.02 Å². The number of carbonyl (C=O) groups excluding carboxylic acids is 1. The molecule has 0 aromatic heterocycles. The Kier molecular flexibility index (Phi) is 3.80. The lowest BCUT2D eigenvalue weighted by Gasteiger charge is -2.07. The first-order valence-electron chi connectivity index (χ1n) is 4.18. The van der Waals surface area contributed by atoms with Gasteiger partial charge in [0.1, 0.15) is 7.85 Å². The van der Waals surface area contributed by atoms with Gasteiger partial charge in [-0.25, -0.2) is 4.79 Å². The lowest BCUT2D eigenvalue weighted by Crippen LogP contribution is -2.13. The molecule has 1 amide bonds. The van der Waals surface area contributed by atoms with Crippen LogP contribution in [0.4, 0.5) is 10.5 Å². The van der Waals surface area contributed by atoms with Crippen molar-refractivity contribution in [1.82, 2.24) is 0 Å². The van der Waals surface area contributed by atoms with E-state index in [4.69, 9.17) is 24.2 Å². The molecule has 0 atom stereocenters. The minimum atomic E-state index is -0.608. The number of halogens is 1. The molecule has 3 nitrogen and oxygen atoms in total. The van der Waals surface area contributed by atoms with E-state index in [1.807, 2.05) is 0 Å². The van der Waals surface area contributed by atoms with Crippen LogP contribution in [0, 0.1) is 0 Å². The van der Waals surface area contributed by atoms with Gasteiger partial charge in [-0.05, 0) is 19.1 Å². The fraction of sp³-hybridized carbons (Fsp3) is 0.100. The number of anilines is 1. The zero-order valence-corrected chi connectivity index (χ0v) is 8.97. The summed E-state index contributed by atoms with van der Waals surface area (Å²) in [6.45, 7) is 5.02. The zero-order valence-electron chi connectivity index (χ0n) is 8.21. The van der Waals surface area contributed by atoms with Crippen LogP contribution in [0.5, 0.6) is 0 Å². The molecule has 1 aromatic rings. The Labute approximate surface area is 94.5 Å². The highest BCUT2D eigenvalue weighted by molar-refractivity contribution is 6.45. The largest absolute Gasteiger partial charge is 0.416 e. The quantitative estimate of drug-likeness (QED) is 0.614. The SMILES string of the molecule is [B]c1ccc(NC(=O)OC(=C)C)cc1Cl. The Bertz CT molecular complexity index is 406. The van der Waals surface area contributed by atoms with Crippen LogP contribution in [0.1, 0.15) is 6.92 Å². The molecule has 0 aliphatic carbocycles. The van der Waals surface area contributed by atoms with Crippen LogP contribution < -0.4 is 10.8 Å². The number of ether oxygens (including phenoxy) is 1. The van der Waals surface area contributed by atoms with Crippen molar-refractivity contribution >= 4 is 36.7 Å². The second-order valence-corrected chi connectivity index (χ2v) is 3.36. The predicted molar refractivity (Wildman–Crippen MR) is 61.8 cm³/mol. The van der Waals surface area contributed by atoms with Crippen molar-refractivity contribution in [1.29, 1.82) is 0 Å². The van der Waals surface area contributed by atoms with Crippen molar-refractivity contribution in [3.8, 4) is 0 Å². The number of rotatable bonds is 2. The van der Waals surface area contributed by atoms with Crippen molar-refractivity contribution in [3.05, 3.63) is 35.6 Å². The Morgan fingerprint density at radius 3 is 2.80 bits per heavy atom. The Morgan fingerprint density at radius 2 is 2.27 bits per heavy atom. The highest BCUT2D eigenvalue weighted by Gasteiger charge is 2.04. The third-order valence-electron chi connectivity index (χ3n) is 1.51. The molecule has 0 heterocycles. The second kappa shape index (κ2) is 4.89. The standard InChI is InChI=1S/C10H9BClNO2/c1-6(2)15-10(14)13-7-3-4-8(11)9(12)5-7/h3-5H,1H2,2H3,(H,13,14). The van der Waals surface area contributed by atoms with Crippen molar-refractivity contribution in [2.24, 2.45) is 0 Å². The molecule has 1 rings (SSSR count). The van der Waals surface area contributed by atoms with E-state index in [1.165, 1.54) is 6.07 Å². The van der Waals surface area contributed by atoms with Crippen LogP contribution >= 0.6 is 11.6 Å². The van der Waals surface area contributed by atoms with Gasteiger partial charge in [0.2, 0.25) is 0 Å². The molecule has 5 heteroatoms. The average Bonchev–Trinajstić information content (AvgIpc) is 2.10. The lowest BCUT2D eigenvalue weighted by atomic mass is 9.96. The number of allylic oxidation sites excluding steroid dienone is 1. The van der Waals surface area contributed by atoms with Gasteiger partial charge < -0.3 is 4.74 Å². The number of hydrogen-bond donors (Lipinski definition) is 1. The summed E-state index contributed by atoms with van der Waals surface area (Å²) in [5.74, 6) is 0.314. The molecule has 15 heavy (non-hydrogen) atoms. The molecule has 1 aromatic carbocycles. The van der Waals surface area contributed by atoms with Gasteiger partial charge in [-0.3, -0.25) is 5.32 Å². The second-order valence-electron chi connectivity index (χ2n) is 2.95. The molecule has 0 fully saturated rings. The predicted octanol–water partition coefficient (Wildman–Crippen LogP) is 2.22. The average molecular weight is 221 g/mol. The Morgan fingerprint density at radius 1 is 1.60 bits per heavy atom. The summed E-state index contributed by atoms with van der Waals surface area (Å²) in [6.07, 6.45) is -0.608. The van der Waals surface area contributed by atoms with Gasteiger partial charge in [0.15, 0.2) is 0 Å². The third kappa shape index (κ3) is 3.68. The van der Waals surface area contributed by atoms with Gasteiger partial charge in [0.25, 0.3) is 0 Å². The maximum Gasteiger partial charge on any atom is 0.416 e. The normalized spacial score (nSPS) is 9.47. The molecule has 76 valence electrons. The summed E-state index contributed by atoms with van der Waals surface area (Å²) < 4.78 is 4.71. The number of carbonyl (C=O) groups is 1. The van der Waals surface area contributed by atoms with Crippen molar-refractivity contribution < 1.29 is 9.53 Å². The smallest absolute Gasteiger partial charge is 0.416 e. The minimum Gasteiger partial charge on any atom is -0.416 e. The fourth-order valence-electron chi connectivity index (χ4n) is 0.907. The van der Waals surface area contributed by atoms with Crippen molar-refractivity contribution in [2.45, 2.75) is 6.92 Å². The highest BCUT2D eigenvalue weighted by Crippen LogP contribution is 2.13. The first-order chi connectivity index (χ1) is 6.99. The molecule has 0 aliphatic rings. The van der Waals surface area contributed by atoms with Gasteiger partial charge in [0, 0.05) is 10.7 Å². The number of benzene rings is 1. The van der Waals surface area contributed by atoms with Crippen LogP contribution in [0.15, 0.2) is 30.5 Å². The van der Waals surface area contributed by atoms with Crippen molar-refractivity contribution in [2.75, 3.05) is 5.32 Å². The number of amides is 1. The first-order valence-corrected chi connectivity index (χ1v) is 4.56. The monoisotopic (exact) mass is 221 g/mol. The molecular formula is C10H9BClNO2. The van der Waals surface area contributed by atoms with E-state index in [-0.39, 0.29) is 0 Å².